The molecule has 3 heterocycles. The van der Waals surface area contributed by atoms with Crippen molar-refractivity contribution in [1.82, 2.24) is 20.2 Å². The number of hydrogen-bond acceptors (Lipinski definition) is 4. The predicted molar refractivity (Wildman–Crippen MR) is 89.2 cm³/mol. The first-order valence-electron chi connectivity index (χ1n) is 7.57. The third kappa shape index (κ3) is 2.94. The van der Waals surface area contributed by atoms with Crippen molar-refractivity contribution in [2.75, 3.05) is 40.3 Å². The molecule has 0 atom stereocenters. The van der Waals surface area contributed by atoms with Crippen molar-refractivity contribution in [1.29, 1.82) is 0 Å². The Morgan fingerprint density at radius 3 is 2.14 bits per heavy atom. The summed E-state index contributed by atoms with van der Waals surface area (Å²) in [6.45, 7) is 3.69. The minimum atomic E-state index is -0.813. The van der Waals surface area contributed by atoms with Gasteiger partial charge in [0.25, 0.3) is 11.8 Å². The van der Waals surface area contributed by atoms with E-state index < -0.39 is 5.41 Å². The monoisotopic (exact) mass is 352 g/mol. The van der Waals surface area contributed by atoms with Crippen LogP contribution < -0.4 is 5.32 Å². The molecular formula is C14H26Cl2N4O2. The molecule has 6 nitrogen and oxygen atoms in total. The largest absolute Gasteiger partial charge is 0.317 e. The quantitative estimate of drug-likeness (QED) is 0.698. The van der Waals surface area contributed by atoms with Gasteiger partial charge in [-0.25, -0.2) is 0 Å². The molecule has 8 heteroatoms. The van der Waals surface area contributed by atoms with E-state index in [2.05, 4.69) is 10.2 Å². The Bertz CT molecular complexity index is 409. The van der Waals surface area contributed by atoms with Gasteiger partial charge in [0.15, 0.2) is 0 Å². The standard InChI is InChI=1S/C14H24N4O2.2ClH/c1-16-12(19)14(13(20)17(16)2)6-3-9-18(10-14)11-4-7-15-8-5-11;;/h11,15H,3-10H2,1-2H3;2*1H. The van der Waals surface area contributed by atoms with Crippen molar-refractivity contribution in [3.05, 3.63) is 0 Å². The highest BCUT2D eigenvalue weighted by Gasteiger charge is 2.58. The van der Waals surface area contributed by atoms with Gasteiger partial charge < -0.3 is 5.32 Å². The number of nitrogens with zero attached hydrogens (tertiary/aromatic N) is 3. The Kier molecular flexibility index (Phi) is 6.50. The van der Waals surface area contributed by atoms with Gasteiger partial charge in [-0.15, -0.1) is 24.8 Å². The average molecular weight is 353 g/mol. The molecule has 0 aromatic heterocycles. The fraction of sp³-hybridized carbons (Fsp3) is 0.857. The number of carbonyl (C=O) groups excluding carboxylic acids is 2. The SMILES string of the molecule is CN1C(=O)C2(CCCN(C3CCNCC3)C2)C(=O)N1C.Cl.Cl. The van der Waals surface area contributed by atoms with E-state index in [0.717, 1.165) is 38.9 Å². The third-order valence-corrected chi connectivity index (χ3v) is 5.20. The molecular weight excluding hydrogens is 327 g/mol. The molecule has 3 rings (SSSR count). The maximum Gasteiger partial charge on any atom is 0.257 e. The summed E-state index contributed by atoms with van der Waals surface area (Å²) in [5, 5.41) is 6.33. The van der Waals surface area contributed by atoms with E-state index in [1.54, 1.807) is 14.1 Å². The van der Waals surface area contributed by atoms with E-state index in [0.29, 0.717) is 19.0 Å². The second kappa shape index (κ2) is 7.34. The van der Waals surface area contributed by atoms with Crippen LogP contribution in [0.3, 0.4) is 0 Å². The van der Waals surface area contributed by atoms with Gasteiger partial charge in [-0.2, -0.15) is 0 Å². The molecule has 3 fully saturated rings. The first-order chi connectivity index (χ1) is 9.56. The zero-order chi connectivity index (χ0) is 14.3. The molecule has 22 heavy (non-hydrogen) atoms. The summed E-state index contributed by atoms with van der Waals surface area (Å²) >= 11 is 0. The molecule has 0 radical (unpaired) electrons. The lowest BCUT2D eigenvalue weighted by Crippen LogP contribution is -2.55. The molecule has 3 saturated heterocycles. The fourth-order valence-electron chi connectivity index (χ4n) is 3.90. The molecule has 3 aliphatic heterocycles. The van der Waals surface area contributed by atoms with Gasteiger partial charge in [0.2, 0.25) is 0 Å². The summed E-state index contributed by atoms with van der Waals surface area (Å²) < 4.78 is 0. The number of likely N-dealkylation sites (tertiary alicyclic amines) is 1. The predicted octanol–water partition coefficient (Wildman–Crippen LogP) is 0.510. The minimum absolute atomic E-state index is 0. The number of nitrogens with one attached hydrogen (secondary N) is 1. The Balaban J connectivity index is 0.00000121. The first-order valence-corrected chi connectivity index (χ1v) is 7.57. The molecule has 3 aliphatic rings. The number of piperidine rings is 2. The van der Waals surface area contributed by atoms with Gasteiger partial charge in [-0.05, 0) is 45.3 Å². The Labute approximate surface area is 144 Å². The van der Waals surface area contributed by atoms with Crippen LogP contribution in [-0.4, -0.2) is 73.0 Å². The topological polar surface area (TPSA) is 55.9 Å². The summed E-state index contributed by atoms with van der Waals surface area (Å²) in [7, 11) is 3.39. The number of hydrazine groups is 1. The molecule has 1 N–H and O–H groups in total. The number of rotatable bonds is 1. The van der Waals surface area contributed by atoms with Gasteiger partial charge in [0.05, 0.1) is 0 Å². The summed E-state index contributed by atoms with van der Waals surface area (Å²) in [6, 6.07) is 0.519. The highest BCUT2D eigenvalue weighted by atomic mass is 35.5. The van der Waals surface area contributed by atoms with E-state index in [4.69, 9.17) is 0 Å². The van der Waals surface area contributed by atoms with Gasteiger partial charge in [-0.3, -0.25) is 24.5 Å². The molecule has 0 saturated carbocycles. The van der Waals surface area contributed by atoms with Crippen LogP contribution in [0.4, 0.5) is 0 Å². The summed E-state index contributed by atoms with van der Waals surface area (Å²) in [5.74, 6) is -0.0488. The maximum absolute atomic E-state index is 12.6. The molecule has 1 spiro atoms. The normalized spacial score (nSPS) is 26.1. The van der Waals surface area contributed by atoms with Gasteiger partial charge in [-0.1, -0.05) is 0 Å². The van der Waals surface area contributed by atoms with Crippen molar-refractivity contribution < 1.29 is 9.59 Å². The van der Waals surface area contributed by atoms with E-state index in [-0.39, 0.29) is 36.6 Å². The number of carbonyl (C=O) groups is 2. The lowest BCUT2D eigenvalue weighted by atomic mass is 9.78. The highest BCUT2D eigenvalue weighted by molar-refractivity contribution is 6.09. The lowest BCUT2D eigenvalue weighted by Gasteiger charge is -2.42. The van der Waals surface area contributed by atoms with Crippen LogP contribution in [0, 0.1) is 5.41 Å². The number of amides is 2. The average Bonchev–Trinajstić information content (AvgIpc) is 2.65. The maximum atomic E-state index is 12.6. The van der Waals surface area contributed by atoms with Crippen molar-refractivity contribution in [3.8, 4) is 0 Å². The molecule has 2 amide bonds. The summed E-state index contributed by atoms with van der Waals surface area (Å²) in [6.07, 6.45) is 3.86. The lowest BCUT2D eigenvalue weighted by molar-refractivity contribution is -0.143. The van der Waals surface area contributed by atoms with Crippen molar-refractivity contribution in [3.63, 3.8) is 0 Å². The van der Waals surface area contributed by atoms with E-state index in [1.807, 2.05) is 0 Å². The Hall–Kier alpha value is -0.560. The van der Waals surface area contributed by atoms with Gasteiger partial charge in [0.1, 0.15) is 5.41 Å². The second-order valence-corrected chi connectivity index (χ2v) is 6.29. The molecule has 0 bridgehead atoms. The van der Waals surface area contributed by atoms with Crippen LogP contribution in [0.1, 0.15) is 25.7 Å². The minimum Gasteiger partial charge on any atom is -0.317 e. The second-order valence-electron chi connectivity index (χ2n) is 6.29. The summed E-state index contributed by atoms with van der Waals surface area (Å²) in [5.41, 5.74) is -0.813. The van der Waals surface area contributed by atoms with Crippen LogP contribution in [0.2, 0.25) is 0 Å². The van der Waals surface area contributed by atoms with Crippen molar-refractivity contribution in [2.24, 2.45) is 5.41 Å². The number of hydrogen-bond donors (Lipinski definition) is 1. The third-order valence-electron chi connectivity index (χ3n) is 5.20. The zero-order valence-electron chi connectivity index (χ0n) is 13.2. The molecule has 0 aliphatic carbocycles. The van der Waals surface area contributed by atoms with E-state index in [9.17, 15) is 9.59 Å². The van der Waals surface area contributed by atoms with E-state index >= 15 is 0 Å². The van der Waals surface area contributed by atoms with Gasteiger partial charge in [0, 0.05) is 26.7 Å². The Morgan fingerprint density at radius 2 is 1.59 bits per heavy atom. The fourth-order valence-corrected chi connectivity index (χ4v) is 3.90. The molecule has 0 aromatic carbocycles. The smallest absolute Gasteiger partial charge is 0.257 e. The molecule has 128 valence electrons. The van der Waals surface area contributed by atoms with Crippen LogP contribution in [0.25, 0.3) is 0 Å². The van der Waals surface area contributed by atoms with Crippen molar-refractivity contribution in [2.45, 2.75) is 31.7 Å². The van der Waals surface area contributed by atoms with Gasteiger partial charge >= 0.3 is 0 Å². The van der Waals surface area contributed by atoms with E-state index in [1.165, 1.54) is 10.0 Å². The zero-order valence-corrected chi connectivity index (χ0v) is 14.8. The summed E-state index contributed by atoms with van der Waals surface area (Å²) in [4.78, 5) is 27.5. The molecule has 0 aromatic rings. The highest BCUT2D eigenvalue weighted by Crippen LogP contribution is 2.39. The van der Waals surface area contributed by atoms with Crippen LogP contribution in [-0.2, 0) is 9.59 Å². The van der Waals surface area contributed by atoms with Crippen LogP contribution in [0.15, 0.2) is 0 Å². The van der Waals surface area contributed by atoms with Crippen LogP contribution in [0.5, 0.6) is 0 Å². The number of halogens is 2. The Morgan fingerprint density at radius 1 is 1.05 bits per heavy atom. The molecule has 0 unspecified atom stereocenters. The van der Waals surface area contributed by atoms with Crippen molar-refractivity contribution >= 4 is 36.6 Å². The van der Waals surface area contributed by atoms with Crippen LogP contribution >= 0.6 is 24.8 Å². The first kappa shape index (κ1) is 19.5.